The van der Waals surface area contributed by atoms with Crippen LogP contribution in [0.2, 0.25) is 0 Å². The van der Waals surface area contributed by atoms with E-state index in [4.69, 9.17) is 24.8 Å². The SMILES string of the molecule is CCCCCCCC/C=C/CCCCCCCCCCCC(=O)O[C@@H](COC(=O)CCCCCCCCCCCCC)COP(=O)(O)OC[C@H](N)C(=O)O. The average Bonchev–Trinajstić information content (AvgIpc) is 3.14. The summed E-state index contributed by atoms with van der Waals surface area (Å²) >= 11 is 0. The summed E-state index contributed by atoms with van der Waals surface area (Å²) in [4.78, 5) is 45.9. The molecule has 0 fully saturated rings. The second-order valence-corrected chi connectivity index (χ2v) is 16.3. The number of unbranched alkanes of at least 4 members (excludes halogenated alkanes) is 25. The molecule has 3 atom stereocenters. The minimum atomic E-state index is -4.71. The Morgan fingerprint density at radius 1 is 0.556 bits per heavy atom. The number of ether oxygens (including phenoxy) is 2. The first-order valence-corrected chi connectivity index (χ1v) is 23.2. The maximum atomic E-state index is 12.6. The first kappa shape index (κ1) is 52.2. The number of rotatable bonds is 41. The van der Waals surface area contributed by atoms with Crippen LogP contribution in [0.3, 0.4) is 0 Å². The molecular weight excluding hydrogens is 709 g/mol. The van der Waals surface area contributed by atoms with E-state index in [2.05, 4.69) is 30.5 Å². The van der Waals surface area contributed by atoms with E-state index >= 15 is 0 Å². The van der Waals surface area contributed by atoms with Crippen molar-refractivity contribution >= 4 is 25.7 Å². The lowest BCUT2D eigenvalue weighted by Crippen LogP contribution is -2.34. The predicted octanol–water partition coefficient (Wildman–Crippen LogP) is 11.3. The highest BCUT2D eigenvalue weighted by Gasteiger charge is 2.28. The van der Waals surface area contributed by atoms with Gasteiger partial charge in [-0.2, -0.15) is 0 Å². The fourth-order valence-electron chi connectivity index (χ4n) is 6.06. The molecule has 0 saturated carbocycles. The van der Waals surface area contributed by atoms with Gasteiger partial charge in [-0.15, -0.1) is 0 Å². The zero-order chi connectivity index (χ0) is 40.0. The molecule has 0 aromatic heterocycles. The van der Waals surface area contributed by atoms with Crippen molar-refractivity contribution in [3.63, 3.8) is 0 Å². The first-order chi connectivity index (χ1) is 26.1. The minimum absolute atomic E-state index is 0.163. The molecule has 12 heteroatoms. The number of nitrogens with two attached hydrogens (primary N) is 1. The summed E-state index contributed by atoms with van der Waals surface area (Å²) in [5.74, 6) is -2.37. The normalized spacial score (nSPS) is 13.9. The highest BCUT2D eigenvalue weighted by Crippen LogP contribution is 2.43. The fraction of sp³-hybridized carbons (Fsp3) is 0.881. The summed E-state index contributed by atoms with van der Waals surface area (Å²) in [7, 11) is -4.71. The molecule has 0 aliphatic heterocycles. The van der Waals surface area contributed by atoms with Crippen molar-refractivity contribution in [2.75, 3.05) is 19.8 Å². The van der Waals surface area contributed by atoms with Gasteiger partial charge in [-0.3, -0.25) is 23.4 Å². The number of carboxylic acid groups (broad SMARTS) is 1. The first-order valence-electron chi connectivity index (χ1n) is 21.7. The lowest BCUT2D eigenvalue weighted by Gasteiger charge is -2.20. The van der Waals surface area contributed by atoms with Crippen LogP contribution in [0.15, 0.2) is 12.2 Å². The maximum absolute atomic E-state index is 12.6. The minimum Gasteiger partial charge on any atom is -0.480 e. The van der Waals surface area contributed by atoms with Crippen molar-refractivity contribution in [3.05, 3.63) is 12.2 Å². The van der Waals surface area contributed by atoms with Gasteiger partial charge < -0.3 is 25.2 Å². The Morgan fingerprint density at radius 3 is 1.35 bits per heavy atom. The standard InChI is InChI=1S/C42H80NO10P/c1-3-5-7-9-11-13-15-16-17-18-19-20-21-22-24-26-28-30-32-34-41(45)53-38(36-51-54(48,49)52-37-39(43)42(46)47)35-50-40(44)33-31-29-27-25-23-14-12-10-8-6-4-2/h16-17,38-39H,3-15,18-37,43H2,1-2H3,(H,46,47)(H,48,49)/b17-16+/t38-,39-/m0/s1. The summed E-state index contributed by atoms with van der Waals surface area (Å²) < 4.78 is 32.7. The van der Waals surface area contributed by atoms with Crippen LogP contribution in [-0.2, 0) is 37.5 Å². The molecule has 0 bridgehead atoms. The Labute approximate surface area is 328 Å². The predicted molar refractivity (Wildman–Crippen MR) is 217 cm³/mol. The Hall–Kier alpha value is -1.78. The van der Waals surface area contributed by atoms with Gasteiger partial charge in [0.1, 0.15) is 12.6 Å². The van der Waals surface area contributed by atoms with E-state index in [1.807, 2.05) is 0 Å². The summed E-state index contributed by atoms with van der Waals surface area (Å²) in [6.45, 7) is 2.80. The third-order valence-corrected chi connectivity index (χ3v) is 10.5. The van der Waals surface area contributed by atoms with Crippen molar-refractivity contribution in [2.24, 2.45) is 5.73 Å². The summed E-state index contributed by atoms with van der Waals surface area (Å²) in [5, 5.41) is 8.88. The molecule has 1 unspecified atom stereocenters. The lowest BCUT2D eigenvalue weighted by atomic mass is 10.1. The van der Waals surface area contributed by atoms with Crippen molar-refractivity contribution in [1.82, 2.24) is 0 Å². The van der Waals surface area contributed by atoms with Gasteiger partial charge in [-0.1, -0.05) is 167 Å². The number of esters is 2. The molecule has 54 heavy (non-hydrogen) atoms. The monoisotopic (exact) mass is 790 g/mol. The van der Waals surface area contributed by atoms with Crippen molar-refractivity contribution in [1.29, 1.82) is 0 Å². The molecule has 0 radical (unpaired) electrons. The van der Waals surface area contributed by atoms with E-state index in [0.29, 0.717) is 12.8 Å². The zero-order valence-corrected chi connectivity index (χ0v) is 35.2. The number of phosphoric acid groups is 1. The molecule has 0 saturated heterocycles. The van der Waals surface area contributed by atoms with E-state index in [9.17, 15) is 23.8 Å². The van der Waals surface area contributed by atoms with Gasteiger partial charge in [-0.05, 0) is 38.5 Å². The quantitative estimate of drug-likeness (QED) is 0.0233. The number of phosphoric ester groups is 1. The molecule has 0 amide bonds. The van der Waals surface area contributed by atoms with Gasteiger partial charge in [-0.25, -0.2) is 4.57 Å². The van der Waals surface area contributed by atoms with Crippen LogP contribution in [0.5, 0.6) is 0 Å². The number of carbonyl (C=O) groups excluding carboxylic acids is 2. The topological polar surface area (TPSA) is 172 Å². The molecule has 0 aliphatic rings. The average molecular weight is 790 g/mol. The Bertz CT molecular complexity index is 979. The molecule has 4 N–H and O–H groups in total. The van der Waals surface area contributed by atoms with Crippen LogP contribution in [0.4, 0.5) is 0 Å². The van der Waals surface area contributed by atoms with Gasteiger partial charge in [0, 0.05) is 12.8 Å². The van der Waals surface area contributed by atoms with Crippen LogP contribution in [0.1, 0.15) is 206 Å². The number of hydrogen-bond donors (Lipinski definition) is 3. The van der Waals surface area contributed by atoms with Crippen LogP contribution in [-0.4, -0.2) is 59.9 Å². The number of hydrogen-bond acceptors (Lipinski definition) is 9. The molecule has 11 nitrogen and oxygen atoms in total. The van der Waals surface area contributed by atoms with Gasteiger partial charge in [0.15, 0.2) is 6.10 Å². The number of carboxylic acids is 1. The summed E-state index contributed by atoms with van der Waals surface area (Å²) in [6, 6.07) is -1.52. The van der Waals surface area contributed by atoms with Crippen LogP contribution >= 0.6 is 7.82 Å². The maximum Gasteiger partial charge on any atom is 0.472 e. The molecule has 0 heterocycles. The molecule has 0 rings (SSSR count). The third-order valence-electron chi connectivity index (χ3n) is 9.51. The highest BCUT2D eigenvalue weighted by molar-refractivity contribution is 7.47. The zero-order valence-electron chi connectivity index (χ0n) is 34.3. The van der Waals surface area contributed by atoms with Crippen molar-refractivity contribution < 1.29 is 47.5 Å². The van der Waals surface area contributed by atoms with Gasteiger partial charge >= 0.3 is 25.7 Å². The second kappa shape index (κ2) is 38.1. The Morgan fingerprint density at radius 2 is 0.926 bits per heavy atom. The molecule has 0 aromatic carbocycles. The van der Waals surface area contributed by atoms with Gasteiger partial charge in [0.05, 0.1) is 13.2 Å². The highest BCUT2D eigenvalue weighted by atomic mass is 31.2. The van der Waals surface area contributed by atoms with Crippen molar-refractivity contribution in [3.8, 4) is 0 Å². The second-order valence-electron chi connectivity index (χ2n) is 14.8. The lowest BCUT2D eigenvalue weighted by molar-refractivity contribution is -0.161. The largest absolute Gasteiger partial charge is 0.480 e. The number of allylic oxidation sites excluding steroid dienone is 2. The van der Waals surface area contributed by atoms with Crippen molar-refractivity contribution in [2.45, 2.75) is 219 Å². The van der Waals surface area contributed by atoms with E-state index in [1.54, 1.807) is 0 Å². The number of aliphatic carboxylic acids is 1. The Balaban J connectivity index is 4.30. The van der Waals surface area contributed by atoms with Gasteiger partial charge in [0.2, 0.25) is 0 Å². The Kier molecular flexibility index (Phi) is 36.9. The smallest absolute Gasteiger partial charge is 0.472 e. The van der Waals surface area contributed by atoms with Crippen LogP contribution in [0, 0.1) is 0 Å². The van der Waals surface area contributed by atoms with E-state index < -0.39 is 51.1 Å². The van der Waals surface area contributed by atoms with E-state index in [-0.39, 0.29) is 19.4 Å². The fourth-order valence-corrected chi connectivity index (χ4v) is 6.84. The van der Waals surface area contributed by atoms with Gasteiger partial charge in [0.25, 0.3) is 0 Å². The van der Waals surface area contributed by atoms with Crippen LogP contribution in [0.25, 0.3) is 0 Å². The summed E-state index contributed by atoms with van der Waals surface area (Å²) in [6.07, 6.45) is 37.0. The molecule has 0 spiro atoms. The molecular formula is C42H80NO10P. The third kappa shape index (κ3) is 37.2. The van der Waals surface area contributed by atoms with E-state index in [1.165, 1.54) is 128 Å². The molecule has 318 valence electrons. The van der Waals surface area contributed by atoms with Crippen LogP contribution < -0.4 is 5.73 Å². The molecule has 0 aliphatic carbocycles. The van der Waals surface area contributed by atoms with E-state index in [0.717, 1.165) is 38.5 Å². The molecule has 0 aromatic rings. The summed E-state index contributed by atoms with van der Waals surface area (Å²) in [5.41, 5.74) is 5.33. The number of carbonyl (C=O) groups is 3.